The monoisotopic (exact) mass is 185 g/mol. The van der Waals surface area contributed by atoms with Crippen LogP contribution >= 0.6 is 0 Å². The Balaban J connectivity index is 2.21. The van der Waals surface area contributed by atoms with E-state index in [1.807, 2.05) is 0 Å². The first-order valence-electron chi connectivity index (χ1n) is 4.92. The molecule has 0 radical (unpaired) electrons. The smallest absolute Gasteiger partial charge is 0.109 e. The molecule has 1 aliphatic rings. The van der Waals surface area contributed by atoms with E-state index in [1.54, 1.807) is 7.11 Å². The van der Waals surface area contributed by atoms with Crippen molar-refractivity contribution in [2.24, 2.45) is 5.73 Å². The quantitative estimate of drug-likeness (QED) is 0.659. The van der Waals surface area contributed by atoms with Gasteiger partial charge in [0, 0.05) is 13.7 Å². The summed E-state index contributed by atoms with van der Waals surface area (Å²) in [5.41, 5.74) is 5.94. The number of methoxy groups -OCH3 is 1. The van der Waals surface area contributed by atoms with Crippen LogP contribution in [0.2, 0.25) is 0 Å². The Hall–Kier alpha value is -0.540. The van der Waals surface area contributed by atoms with Crippen LogP contribution in [0.15, 0.2) is 11.8 Å². The summed E-state index contributed by atoms with van der Waals surface area (Å²) in [6, 6.07) is 0.0652. The Kier molecular flexibility index (Phi) is 4.86. The second-order valence-corrected chi connectivity index (χ2v) is 3.34. The molecule has 76 valence electrons. The SMILES string of the molecule is COCCCC(N)C1=CCCCO1. The van der Waals surface area contributed by atoms with Crippen molar-refractivity contribution >= 4 is 0 Å². The lowest BCUT2D eigenvalue weighted by Crippen LogP contribution is -2.26. The van der Waals surface area contributed by atoms with Gasteiger partial charge >= 0.3 is 0 Å². The summed E-state index contributed by atoms with van der Waals surface area (Å²) in [7, 11) is 1.71. The van der Waals surface area contributed by atoms with Crippen LogP contribution in [0.4, 0.5) is 0 Å². The van der Waals surface area contributed by atoms with Crippen LogP contribution in [0.3, 0.4) is 0 Å². The average Bonchev–Trinajstić information content (AvgIpc) is 2.19. The first-order valence-corrected chi connectivity index (χ1v) is 4.92. The van der Waals surface area contributed by atoms with E-state index in [9.17, 15) is 0 Å². The lowest BCUT2D eigenvalue weighted by Gasteiger charge is -2.20. The molecule has 0 aliphatic carbocycles. The van der Waals surface area contributed by atoms with E-state index in [1.165, 1.54) is 0 Å². The second-order valence-electron chi connectivity index (χ2n) is 3.34. The number of hydrogen-bond donors (Lipinski definition) is 1. The Bertz CT molecular complexity index is 168. The van der Waals surface area contributed by atoms with Gasteiger partial charge < -0.3 is 15.2 Å². The molecule has 0 aromatic rings. The first kappa shape index (κ1) is 10.5. The van der Waals surface area contributed by atoms with Gasteiger partial charge in [-0.05, 0) is 31.8 Å². The molecule has 0 bridgehead atoms. The van der Waals surface area contributed by atoms with Crippen molar-refractivity contribution in [2.75, 3.05) is 20.3 Å². The van der Waals surface area contributed by atoms with E-state index < -0.39 is 0 Å². The first-order chi connectivity index (χ1) is 6.34. The Labute approximate surface area is 79.9 Å². The van der Waals surface area contributed by atoms with Gasteiger partial charge in [-0.1, -0.05) is 0 Å². The van der Waals surface area contributed by atoms with Gasteiger partial charge in [0.15, 0.2) is 0 Å². The van der Waals surface area contributed by atoms with E-state index in [2.05, 4.69) is 6.08 Å². The molecule has 0 spiro atoms. The van der Waals surface area contributed by atoms with E-state index >= 15 is 0 Å². The lowest BCUT2D eigenvalue weighted by atomic mass is 10.1. The maximum absolute atomic E-state index is 5.94. The Morgan fingerprint density at radius 2 is 2.54 bits per heavy atom. The van der Waals surface area contributed by atoms with E-state index in [0.29, 0.717) is 0 Å². The minimum absolute atomic E-state index is 0.0652. The molecular weight excluding hydrogens is 166 g/mol. The maximum Gasteiger partial charge on any atom is 0.109 e. The maximum atomic E-state index is 5.94. The molecule has 1 heterocycles. The fraction of sp³-hybridized carbons (Fsp3) is 0.800. The van der Waals surface area contributed by atoms with Crippen LogP contribution in [-0.4, -0.2) is 26.4 Å². The van der Waals surface area contributed by atoms with Crippen molar-refractivity contribution in [3.63, 3.8) is 0 Å². The van der Waals surface area contributed by atoms with Gasteiger partial charge in [-0.25, -0.2) is 0 Å². The standard InChI is InChI=1S/C10H19NO2/c1-12-7-4-5-9(11)10-6-2-3-8-13-10/h6,9H,2-5,7-8,11H2,1H3. The van der Waals surface area contributed by atoms with Crippen LogP contribution < -0.4 is 5.73 Å². The molecule has 1 rings (SSSR count). The molecule has 1 aliphatic heterocycles. The number of ether oxygens (including phenoxy) is 2. The van der Waals surface area contributed by atoms with Crippen LogP contribution in [0.25, 0.3) is 0 Å². The Morgan fingerprint density at radius 1 is 1.69 bits per heavy atom. The van der Waals surface area contributed by atoms with Gasteiger partial charge in [-0.15, -0.1) is 0 Å². The van der Waals surface area contributed by atoms with Crippen molar-refractivity contribution in [3.05, 3.63) is 11.8 Å². The lowest BCUT2D eigenvalue weighted by molar-refractivity contribution is 0.163. The fourth-order valence-electron chi connectivity index (χ4n) is 1.42. The number of hydrogen-bond acceptors (Lipinski definition) is 3. The van der Waals surface area contributed by atoms with E-state index in [0.717, 1.165) is 44.7 Å². The van der Waals surface area contributed by atoms with Gasteiger partial charge in [-0.3, -0.25) is 0 Å². The highest BCUT2D eigenvalue weighted by Gasteiger charge is 2.12. The van der Waals surface area contributed by atoms with Gasteiger partial charge in [-0.2, -0.15) is 0 Å². The number of rotatable bonds is 5. The average molecular weight is 185 g/mol. The van der Waals surface area contributed by atoms with E-state index in [-0.39, 0.29) is 6.04 Å². The molecule has 3 nitrogen and oxygen atoms in total. The summed E-state index contributed by atoms with van der Waals surface area (Å²) in [6.45, 7) is 1.60. The number of allylic oxidation sites excluding steroid dienone is 1. The third kappa shape index (κ3) is 3.79. The highest BCUT2D eigenvalue weighted by molar-refractivity contribution is 5.03. The summed E-state index contributed by atoms with van der Waals surface area (Å²) in [6.07, 6.45) is 6.28. The second kappa shape index (κ2) is 6.00. The van der Waals surface area contributed by atoms with Crippen molar-refractivity contribution in [1.82, 2.24) is 0 Å². The van der Waals surface area contributed by atoms with Crippen molar-refractivity contribution in [2.45, 2.75) is 31.7 Å². The molecular formula is C10H19NO2. The highest BCUT2D eigenvalue weighted by atomic mass is 16.5. The van der Waals surface area contributed by atoms with Crippen LogP contribution in [0.1, 0.15) is 25.7 Å². The minimum atomic E-state index is 0.0652. The predicted octanol–water partition coefficient (Wildman–Crippen LogP) is 1.43. The fourth-order valence-corrected chi connectivity index (χ4v) is 1.42. The normalized spacial score (nSPS) is 19.1. The van der Waals surface area contributed by atoms with E-state index in [4.69, 9.17) is 15.2 Å². The highest BCUT2D eigenvalue weighted by Crippen LogP contribution is 2.15. The molecule has 0 aromatic carbocycles. The van der Waals surface area contributed by atoms with Gasteiger partial charge in [0.25, 0.3) is 0 Å². The van der Waals surface area contributed by atoms with Gasteiger partial charge in [0.2, 0.25) is 0 Å². The zero-order valence-corrected chi connectivity index (χ0v) is 8.29. The summed E-state index contributed by atoms with van der Waals surface area (Å²) in [5, 5.41) is 0. The zero-order chi connectivity index (χ0) is 9.52. The molecule has 0 saturated carbocycles. The van der Waals surface area contributed by atoms with Crippen LogP contribution in [-0.2, 0) is 9.47 Å². The van der Waals surface area contributed by atoms with Crippen molar-refractivity contribution < 1.29 is 9.47 Å². The molecule has 1 atom stereocenters. The topological polar surface area (TPSA) is 44.5 Å². The summed E-state index contributed by atoms with van der Waals surface area (Å²) >= 11 is 0. The Morgan fingerprint density at radius 3 is 3.15 bits per heavy atom. The molecule has 13 heavy (non-hydrogen) atoms. The molecule has 0 fully saturated rings. The third-order valence-corrected chi connectivity index (χ3v) is 2.19. The van der Waals surface area contributed by atoms with Gasteiger partial charge in [0.1, 0.15) is 5.76 Å². The van der Waals surface area contributed by atoms with Crippen LogP contribution in [0, 0.1) is 0 Å². The summed E-state index contributed by atoms with van der Waals surface area (Å²) in [4.78, 5) is 0. The minimum Gasteiger partial charge on any atom is -0.497 e. The van der Waals surface area contributed by atoms with Crippen molar-refractivity contribution in [1.29, 1.82) is 0 Å². The largest absolute Gasteiger partial charge is 0.497 e. The van der Waals surface area contributed by atoms with Gasteiger partial charge in [0.05, 0.1) is 12.6 Å². The van der Waals surface area contributed by atoms with Crippen molar-refractivity contribution in [3.8, 4) is 0 Å². The molecule has 0 saturated heterocycles. The summed E-state index contributed by atoms with van der Waals surface area (Å²) in [5.74, 6) is 0.974. The molecule has 2 N–H and O–H groups in total. The molecule has 0 aromatic heterocycles. The predicted molar refractivity (Wildman–Crippen MR) is 52.4 cm³/mol. The zero-order valence-electron chi connectivity index (χ0n) is 8.29. The molecule has 0 amide bonds. The third-order valence-electron chi connectivity index (χ3n) is 2.19. The molecule has 1 unspecified atom stereocenters. The molecule has 3 heteroatoms. The summed E-state index contributed by atoms with van der Waals surface area (Å²) < 4.78 is 10.4. The number of nitrogens with two attached hydrogens (primary N) is 1. The van der Waals surface area contributed by atoms with Crippen LogP contribution in [0.5, 0.6) is 0 Å².